The van der Waals surface area contributed by atoms with Gasteiger partial charge in [-0.3, -0.25) is 4.79 Å². The second-order valence-electron chi connectivity index (χ2n) is 7.54. The highest BCUT2D eigenvalue weighted by Gasteiger charge is 2.42. The smallest absolute Gasteiger partial charge is 0.408 e. The molecule has 0 bridgehead atoms. The van der Waals surface area contributed by atoms with E-state index in [1.165, 1.54) is 12.1 Å². The lowest BCUT2D eigenvalue weighted by molar-refractivity contribution is -0.133. The van der Waals surface area contributed by atoms with Gasteiger partial charge in [0, 0.05) is 25.5 Å². The molecule has 1 atom stereocenters. The number of hydrogen-bond acceptors (Lipinski definition) is 4. The molecule has 0 radical (unpaired) electrons. The minimum atomic E-state index is -2.99. The molecule has 9 heteroatoms. The lowest BCUT2D eigenvalue weighted by Gasteiger charge is -2.26. The van der Waals surface area contributed by atoms with Crippen molar-refractivity contribution in [1.29, 1.82) is 0 Å². The third kappa shape index (κ3) is 6.04. The summed E-state index contributed by atoms with van der Waals surface area (Å²) in [5.74, 6) is -4.80. The Balaban J connectivity index is 2.19. The molecule has 1 aromatic rings. The van der Waals surface area contributed by atoms with Crippen LogP contribution in [-0.2, 0) is 16.0 Å². The van der Waals surface area contributed by atoms with E-state index >= 15 is 0 Å². The van der Waals surface area contributed by atoms with E-state index in [2.05, 4.69) is 5.32 Å². The average molecular weight is 388 g/mol. The van der Waals surface area contributed by atoms with Crippen molar-refractivity contribution in [3.05, 3.63) is 29.6 Å². The van der Waals surface area contributed by atoms with Gasteiger partial charge in [0.2, 0.25) is 5.91 Å². The molecule has 1 aliphatic rings. The number of halogens is 3. The quantitative estimate of drug-likeness (QED) is 0.832. The van der Waals surface area contributed by atoms with Crippen molar-refractivity contribution in [2.75, 3.05) is 13.1 Å². The number of aromatic hydroxyl groups is 1. The molecule has 2 N–H and O–H groups in total. The highest BCUT2D eigenvalue weighted by atomic mass is 19.3. The second kappa shape index (κ2) is 7.66. The van der Waals surface area contributed by atoms with Gasteiger partial charge in [0.25, 0.3) is 5.92 Å². The Morgan fingerprint density at radius 3 is 2.56 bits per heavy atom. The van der Waals surface area contributed by atoms with Crippen molar-refractivity contribution >= 4 is 12.0 Å². The van der Waals surface area contributed by atoms with Gasteiger partial charge in [-0.25, -0.2) is 18.0 Å². The van der Waals surface area contributed by atoms with Crippen molar-refractivity contribution in [2.45, 2.75) is 51.2 Å². The first-order valence-electron chi connectivity index (χ1n) is 8.50. The summed E-state index contributed by atoms with van der Waals surface area (Å²) in [7, 11) is 0. The summed E-state index contributed by atoms with van der Waals surface area (Å²) < 4.78 is 46.0. The fraction of sp³-hybridized carbons (Fsp3) is 0.556. The minimum absolute atomic E-state index is 0.0492. The molecular weight excluding hydrogens is 365 g/mol. The number of alkyl carbamates (subject to hydrolysis) is 1. The first kappa shape index (κ1) is 20.9. The highest BCUT2D eigenvalue weighted by Crippen LogP contribution is 2.27. The molecule has 0 spiro atoms. The molecule has 0 saturated carbocycles. The number of ether oxygens (including phenoxy) is 1. The van der Waals surface area contributed by atoms with Gasteiger partial charge < -0.3 is 20.1 Å². The number of phenols is 1. The Hall–Kier alpha value is -2.45. The third-order valence-electron chi connectivity index (χ3n) is 3.93. The van der Waals surface area contributed by atoms with Crippen LogP contribution in [-0.4, -0.2) is 52.7 Å². The zero-order chi connectivity index (χ0) is 20.4. The number of nitrogens with one attached hydrogen (secondary N) is 1. The predicted octanol–water partition coefficient (Wildman–Crippen LogP) is 2.83. The number of nitrogens with zero attached hydrogens (tertiary/aromatic N) is 1. The molecule has 1 saturated heterocycles. The molecule has 27 heavy (non-hydrogen) atoms. The number of likely N-dealkylation sites (tertiary alicyclic amines) is 1. The molecule has 1 heterocycles. The Labute approximate surface area is 155 Å². The largest absolute Gasteiger partial charge is 0.508 e. The maximum Gasteiger partial charge on any atom is 0.408 e. The summed E-state index contributed by atoms with van der Waals surface area (Å²) in [6.45, 7) is 3.98. The molecule has 1 fully saturated rings. The van der Waals surface area contributed by atoms with Crippen LogP contribution in [0.5, 0.6) is 5.75 Å². The van der Waals surface area contributed by atoms with Gasteiger partial charge in [-0.2, -0.15) is 0 Å². The standard InChI is InChI=1S/C18H23F3N2O4/c1-17(2,3)27-16(26)22-14(8-11-4-5-12(24)9-13(11)19)15(25)23-7-6-18(20,21)10-23/h4-5,9,14,24H,6-8,10H2,1-3H3,(H,22,26)/t14-/m0/s1. The lowest BCUT2D eigenvalue weighted by atomic mass is 10.0. The zero-order valence-electron chi connectivity index (χ0n) is 15.4. The molecule has 2 rings (SSSR count). The average Bonchev–Trinajstić information content (AvgIpc) is 2.86. The SMILES string of the molecule is CC(C)(C)OC(=O)N[C@@H](Cc1ccc(O)cc1F)C(=O)N1CCC(F)(F)C1. The van der Waals surface area contributed by atoms with E-state index in [4.69, 9.17) is 4.74 Å². The Morgan fingerprint density at radius 2 is 2.04 bits per heavy atom. The third-order valence-corrected chi connectivity index (χ3v) is 3.93. The van der Waals surface area contributed by atoms with Crippen LogP contribution < -0.4 is 5.32 Å². The molecule has 1 aromatic carbocycles. The summed E-state index contributed by atoms with van der Waals surface area (Å²) in [5.41, 5.74) is -0.782. The Morgan fingerprint density at radius 1 is 1.37 bits per heavy atom. The number of amides is 2. The molecule has 0 aliphatic carbocycles. The zero-order valence-corrected chi connectivity index (χ0v) is 15.4. The molecule has 150 valence electrons. The summed E-state index contributed by atoms with van der Waals surface area (Å²) >= 11 is 0. The van der Waals surface area contributed by atoms with E-state index in [0.29, 0.717) is 0 Å². The van der Waals surface area contributed by atoms with E-state index < -0.39 is 48.3 Å². The van der Waals surface area contributed by atoms with Gasteiger partial charge in [-0.1, -0.05) is 6.07 Å². The van der Waals surface area contributed by atoms with Crippen LogP contribution in [0.25, 0.3) is 0 Å². The van der Waals surface area contributed by atoms with E-state index in [-0.39, 0.29) is 24.3 Å². The monoisotopic (exact) mass is 388 g/mol. The fourth-order valence-corrected chi connectivity index (χ4v) is 2.72. The summed E-state index contributed by atoms with van der Waals surface area (Å²) in [6, 6.07) is 2.08. The molecule has 2 amide bonds. The molecule has 6 nitrogen and oxygen atoms in total. The van der Waals surface area contributed by atoms with Gasteiger partial charge >= 0.3 is 6.09 Å². The Bertz CT molecular complexity index is 719. The number of benzene rings is 1. The van der Waals surface area contributed by atoms with Crippen LogP contribution in [0, 0.1) is 5.82 Å². The van der Waals surface area contributed by atoms with E-state index in [1.807, 2.05) is 0 Å². The van der Waals surface area contributed by atoms with Gasteiger partial charge in [-0.05, 0) is 32.4 Å². The predicted molar refractivity (Wildman–Crippen MR) is 91.1 cm³/mol. The van der Waals surface area contributed by atoms with Crippen LogP contribution in [0.2, 0.25) is 0 Å². The first-order valence-corrected chi connectivity index (χ1v) is 8.50. The molecule has 0 unspecified atom stereocenters. The molecule has 1 aliphatic heterocycles. The van der Waals surface area contributed by atoms with Crippen LogP contribution in [0.1, 0.15) is 32.8 Å². The summed E-state index contributed by atoms with van der Waals surface area (Å²) in [6.07, 6.45) is -1.65. The summed E-state index contributed by atoms with van der Waals surface area (Å²) in [5, 5.41) is 11.6. The maximum absolute atomic E-state index is 14.0. The van der Waals surface area contributed by atoms with Crippen LogP contribution in [0.15, 0.2) is 18.2 Å². The van der Waals surface area contributed by atoms with Gasteiger partial charge in [-0.15, -0.1) is 0 Å². The van der Waals surface area contributed by atoms with Gasteiger partial charge in [0.1, 0.15) is 23.2 Å². The van der Waals surface area contributed by atoms with E-state index in [9.17, 15) is 27.9 Å². The van der Waals surface area contributed by atoms with Crippen molar-refractivity contribution < 1.29 is 32.6 Å². The van der Waals surface area contributed by atoms with Crippen LogP contribution in [0.3, 0.4) is 0 Å². The van der Waals surface area contributed by atoms with Crippen molar-refractivity contribution in [2.24, 2.45) is 0 Å². The second-order valence-corrected chi connectivity index (χ2v) is 7.54. The minimum Gasteiger partial charge on any atom is -0.508 e. The van der Waals surface area contributed by atoms with Crippen molar-refractivity contribution in [1.82, 2.24) is 10.2 Å². The number of hydrogen-bond donors (Lipinski definition) is 2. The van der Waals surface area contributed by atoms with E-state index in [0.717, 1.165) is 11.0 Å². The van der Waals surface area contributed by atoms with Gasteiger partial charge in [0.05, 0.1) is 6.54 Å². The normalized spacial score (nSPS) is 17.5. The Kier molecular flexibility index (Phi) is 5.91. The van der Waals surface area contributed by atoms with Crippen LogP contribution in [0.4, 0.5) is 18.0 Å². The number of alkyl halides is 2. The van der Waals surface area contributed by atoms with Gasteiger partial charge in [0.15, 0.2) is 0 Å². The topological polar surface area (TPSA) is 78.9 Å². The summed E-state index contributed by atoms with van der Waals surface area (Å²) in [4.78, 5) is 25.7. The van der Waals surface area contributed by atoms with E-state index in [1.54, 1.807) is 20.8 Å². The number of phenolic OH excluding ortho intramolecular Hbond substituents is 1. The molecule has 0 aromatic heterocycles. The maximum atomic E-state index is 14.0. The lowest BCUT2D eigenvalue weighted by Crippen LogP contribution is -2.50. The van der Waals surface area contributed by atoms with Crippen molar-refractivity contribution in [3.63, 3.8) is 0 Å². The number of rotatable bonds is 4. The van der Waals surface area contributed by atoms with Crippen molar-refractivity contribution in [3.8, 4) is 5.75 Å². The number of carbonyl (C=O) groups excluding carboxylic acids is 2. The first-order chi connectivity index (χ1) is 12.4. The number of carbonyl (C=O) groups is 2. The fourth-order valence-electron chi connectivity index (χ4n) is 2.72. The highest BCUT2D eigenvalue weighted by molar-refractivity contribution is 5.86. The molecular formula is C18H23F3N2O4. The van der Waals surface area contributed by atoms with Crippen LogP contribution >= 0.6 is 0 Å².